The number of thiophene rings is 1. The summed E-state index contributed by atoms with van der Waals surface area (Å²) in [7, 11) is 0. The molecule has 0 saturated heterocycles. The molecule has 2 aliphatic rings. The minimum atomic E-state index is 0.404. The molecule has 4 heteroatoms. The second-order valence-corrected chi connectivity index (χ2v) is 7.94. The average Bonchev–Trinajstić information content (AvgIpc) is 2.65. The van der Waals surface area contributed by atoms with Crippen molar-refractivity contribution in [3.05, 3.63) is 20.3 Å². The lowest BCUT2D eigenvalue weighted by Crippen LogP contribution is -2.04. The largest absolute Gasteiger partial charge is 0.111 e. The Kier molecular flexibility index (Phi) is 2.83. The van der Waals surface area contributed by atoms with Gasteiger partial charge >= 0.3 is 0 Å². The molecule has 0 radical (unpaired) electrons. The molecule has 2 aliphatic carbocycles. The fourth-order valence-electron chi connectivity index (χ4n) is 2.80. The van der Waals surface area contributed by atoms with Gasteiger partial charge in [0.1, 0.15) is 0 Å². The average molecular weight is 326 g/mol. The lowest BCUT2D eigenvalue weighted by molar-refractivity contribution is 0.482. The van der Waals surface area contributed by atoms with Gasteiger partial charge in [-0.2, -0.15) is 0 Å². The smallest absolute Gasteiger partial charge is 0.0987 e. The van der Waals surface area contributed by atoms with Crippen molar-refractivity contribution in [2.24, 2.45) is 17.8 Å². The summed E-state index contributed by atoms with van der Waals surface area (Å²) in [6.07, 6.45) is 4.20. The van der Waals surface area contributed by atoms with Gasteiger partial charge in [0.15, 0.2) is 0 Å². The summed E-state index contributed by atoms with van der Waals surface area (Å²) in [5, 5.41) is 0. The van der Waals surface area contributed by atoms with Gasteiger partial charge in [-0.3, -0.25) is 0 Å². The van der Waals surface area contributed by atoms with Gasteiger partial charge in [0, 0.05) is 4.83 Å². The van der Waals surface area contributed by atoms with Gasteiger partial charge in [-0.15, -0.1) is 11.3 Å². The first kappa shape index (κ1) is 10.9. The molecule has 0 aromatic carbocycles. The Balaban J connectivity index is 1.78. The first-order chi connectivity index (χ1) is 7.15. The van der Waals surface area contributed by atoms with E-state index in [1.165, 1.54) is 36.2 Å². The fourth-order valence-corrected chi connectivity index (χ4v) is 5.42. The van der Waals surface area contributed by atoms with Crippen molar-refractivity contribution in [1.29, 1.82) is 0 Å². The van der Waals surface area contributed by atoms with E-state index in [9.17, 15) is 0 Å². The molecule has 1 heterocycles. The second-order valence-electron chi connectivity index (χ2n) is 4.67. The third-order valence-electron chi connectivity index (χ3n) is 3.67. The molecule has 3 unspecified atom stereocenters. The van der Waals surface area contributed by atoms with Gasteiger partial charge in [0.05, 0.1) is 8.67 Å². The molecule has 0 aliphatic heterocycles. The molecule has 0 bridgehead atoms. The molecular formula is C11H11BrCl2S. The zero-order valence-corrected chi connectivity index (χ0v) is 12.0. The number of alkyl halides is 1. The maximum atomic E-state index is 6.17. The Bertz CT molecular complexity index is 380. The summed E-state index contributed by atoms with van der Waals surface area (Å²) >= 11 is 17.4. The van der Waals surface area contributed by atoms with E-state index in [-0.39, 0.29) is 0 Å². The Morgan fingerprint density at radius 2 is 1.93 bits per heavy atom. The maximum Gasteiger partial charge on any atom is 0.0987 e. The highest BCUT2D eigenvalue weighted by Crippen LogP contribution is 2.59. The second kappa shape index (κ2) is 3.90. The third-order valence-corrected chi connectivity index (χ3v) is 6.43. The summed E-state index contributed by atoms with van der Waals surface area (Å²) in [6, 6.07) is 2.01. The van der Waals surface area contributed by atoms with Crippen LogP contribution in [0.5, 0.6) is 0 Å². The van der Waals surface area contributed by atoms with Crippen molar-refractivity contribution in [3.8, 4) is 0 Å². The van der Waals surface area contributed by atoms with Crippen molar-refractivity contribution in [3.63, 3.8) is 0 Å². The molecule has 15 heavy (non-hydrogen) atoms. The standard InChI is InChI=1S/C11H11BrCl2S/c12-10(7-2-5-1-6(5)3-7)8-4-9(13)15-11(8)14/h4-7,10H,1-3H2. The zero-order valence-electron chi connectivity index (χ0n) is 8.05. The molecule has 0 spiro atoms. The summed E-state index contributed by atoms with van der Waals surface area (Å²) in [4.78, 5) is 0.404. The molecule has 0 amide bonds. The molecule has 3 atom stereocenters. The Morgan fingerprint density at radius 1 is 1.27 bits per heavy atom. The van der Waals surface area contributed by atoms with Gasteiger partial charge in [0.25, 0.3) is 0 Å². The molecule has 3 rings (SSSR count). The summed E-state index contributed by atoms with van der Waals surface area (Å²) in [5.74, 6) is 2.79. The van der Waals surface area contributed by atoms with E-state index in [4.69, 9.17) is 23.2 Å². The predicted octanol–water partition coefficient (Wildman–Crippen LogP) is 5.54. The van der Waals surface area contributed by atoms with Gasteiger partial charge in [-0.05, 0) is 48.6 Å². The van der Waals surface area contributed by atoms with E-state index >= 15 is 0 Å². The highest BCUT2D eigenvalue weighted by atomic mass is 79.9. The number of hydrogen-bond donors (Lipinski definition) is 0. The topological polar surface area (TPSA) is 0 Å². The Morgan fingerprint density at radius 3 is 2.47 bits per heavy atom. The molecule has 2 fully saturated rings. The van der Waals surface area contributed by atoms with Crippen LogP contribution < -0.4 is 0 Å². The molecule has 0 nitrogen and oxygen atoms in total. The molecule has 82 valence electrons. The van der Waals surface area contributed by atoms with E-state index in [0.29, 0.717) is 4.83 Å². The molecular weight excluding hydrogens is 315 g/mol. The van der Waals surface area contributed by atoms with E-state index in [1.807, 2.05) is 6.07 Å². The van der Waals surface area contributed by atoms with Gasteiger partial charge < -0.3 is 0 Å². The Labute approximate surface area is 112 Å². The van der Waals surface area contributed by atoms with E-state index in [1.54, 1.807) is 0 Å². The number of rotatable bonds is 2. The van der Waals surface area contributed by atoms with Crippen LogP contribution >= 0.6 is 50.5 Å². The van der Waals surface area contributed by atoms with Crippen LogP contribution in [-0.4, -0.2) is 0 Å². The highest BCUT2D eigenvalue weighted by Gasteiger charge is 2.47. The van der Waals surface area contributed by atoms with E-state index < -0.39 is 0 Å². The van der Waals surface area contributed by atoms with Crippen molar-refractivity contribution in [1.82, 2.24) is 0 Å². The van der Waals surface area contributed by atoms with Crippen LogP contribution in [0.4, 0.5) is 0 Å². The minimum Gasteiger partial charge on any atom is -0.111 e. The van der Waals surface area contributed by atoms with Crippen LogP contribution in [-0.2, 0) is 0 Å². The van der Waals surface area contributed by atoms with Crippen molar-refractivity contribution >= 4 is 50.5 Å². The molecule has 2 saturated carbocycles. The normalized spacial score (nSPS) is 35.3. The lowest BCUT2D eigenvalue weighted by Gasteiger charge is -2.18. The van der Waals surface area contributed by atoms with E-state index in [0.717, 1.165) is 26.4 Å². The Hall–Kier alpha value is 0.760. The fraction of sp³-hybridized carbons (Fsp3) is 0.636. The maximum absolute atomic E-state index is 6.17. The van der Waals surface area contributed by atoms with Crippen molar-refractivity contribution < 1.29 is 0 Å². The predicted molar refractivity (Wildman–Crippen MR) is 70.3 cm³/mol. The van der Waals surface area contributed by atoms with Gasteiger partial charge in [-0.25, -0.2) is 0 Å². The van der Waals surface area contributed by atoms with Crippen molar-refractivity contribution in [2.45, 2.75) is 24.1 Å². The monoisotopic (exact) mass is 324 g/mol. The SMILES string of the molecule is Clc1cc(C(Br)C2CC3CC3C2)c(Cl)s1. The summed E-state index contributed by atoms with van der Waals surface area (Å²) in [6.45, 7) is 0. The summed E-state index contributed by atoms with van der Waals surface area (Å²) in [5.41, 5.74) is 1.19. The quantitative estimate of drug-likeness (QED) is 0.626. The minimum absolute atomic E-state index is 0.404. The summed E-state index contributed by atoms with van der Waals surface area (Å²) < 4.78 is 1.64. The first-order valence-corrected chi connectivity index (χ1v) is 7.72. The number of halogens is 3. The first-order valence-electron chi connectivity index (χ1n) is 5.24. The van der Waals surface area contributed by atoms with E-state index in [2.05, 4.69) is 15.9 Å². The van der Waals surface area contributed by atoms with Gasteiger partial charge in [0.2, 0.25) is 0 Å². The van der Waals surface area contributed by atoms with Crippen LogP contribution in [0.15, 0.2) is 6.07 Å². The van der Waals surface area contributed by atoms with Crippen LogP contribution in [0, 0.1) is 17.8 Å². The zero-order chi connectivity index (χ0) is 10.6. The molecule has 0 N–H and O–H groups in total. The van der Waals surface area contributed by atoms with Crippen LogP contribution in [0.2, 0.25) is 8.67 Å². The number of fused-ring (bicyclic) bond motifs is 1. The van der Waals surface area contributed by atoms with Crippen LogP contribution in [0.1, 0.15) is 29.7 Å². The van der Waals surface area contributed by atoms with Crippen molar-refractivity contribution in [2.75, 3.05) is 0 Å². The lowest BCUT2D eigenvalue weighted by atomic mass is 9.96. The molecule has 1 aromatic rings. The van der Waals surface area contributed by atoms with Gasteiger partial charge in [-0.1, -0.05) is 39.1 Å². The third kappa shape index (κ3) is 1.99. The highest BCUT2D eigenvalue weighted by molar-refractivity contribution is 9.09. The van der Waals surface area contributed by atoms with Crippen LogP contribution in [0.3, 0.4) is 0 Å². The van der Waals surface area contributed by atoms with Crippen LogP contribution in [0.25, 0.3) is 0 Å². The number of hydrogen-bond acceptors (Lipinski definition) is 1. The molecule has 1 aromatic heterocycles.